The number of fused-ring (bicyclic) bond motifs is 3. The fraction of sp³-hybridized carbons (Fsp3) is 0. The number of hydrogen-bond acceptors (Lipinski definition) is 1. The summed E-state index contributed by atoms with van der Waals surface area (Å²) in [7, 11) is 0. The molecule has 0 saturated heterocycles. The second kappa shape index (κ2) is 7.82. The Bertz CT molecular complexity index is 1600. The molecule has 0 aliphatic carbocycles. The zero-order chi connectivity index (χ0) is 22.2. The average molecular weight is 421 g/mol. The van der Waals surface area contributed by atoms with Gasteiger partial charge in [-0.05, 0) is 41.0 Å². The van der Waals surface area contributed by atoms with Crippen molar-refractivity contribution < 1.29 is 0 Å². The first kappa shape index (κ1) is 19.1. The van der Waals surface area contributed by atoms with Crippen LogP contribution in [0, 0.1) is 11.3 Å². The second-order valence-corrected chi connectivity index (χ2v) is 8.13. The van der Waals surface area contributed by atoms with Crippen LogP contribution in [0.2, 0.25) is 0 Å². The number of hydrogen-bond donors (Lipinski definition) is 0. The summed E-state index contributed by atoms with van der Waals surface area (Å²) in [4.78, 5) is 0. The summed E-state index contributed by atoms with van der Waals surface area (Å²) in [6, 6.07) is 44.2. The lowest BCUT2D eigenvalue weighted by atomic mass is 9.94. The largest absolute Gasteiger partial charge is 0.307 e. The summed E-state index contributed by atoms with van der Waals surface area (Å²) in [5.41, 5.74) is 8.03. The van der Waals surface area contributed by atoms with E-state index in [0.29, 0.717) is 5.56 Å². The molecule has 154 valence electrons. The molecule has 33 heavy (non-hydrogen) atoms. The molecule has 0 fully saturated rings. The summed E-state index contributed by atoms with van der Waals surface area (Å²) in [5, 5.41) is 12.7. The normalized spacial score (nSPS) is 11.0. The van der Waals surface area contributed by atoms with Crippen LogP contribution in [0.1, 0.15) is 5.56 Å². The molecule has 2 heteroatoms. The molecular formula is C31H20N2. The Morgan fingerprint density at radius 1 is 0.515 bits per heavy atom. The van der Waals surface area contributed by atoms with Gasteiger partial charge >= 0.3 is 0 Å². The molecule has 0 spiro atoms. The molecule has 6 aromatic rings. The van der Waals surface area contributed by atoms with Crippen molar-refractivity contribution in [2.45, 2.75) is 0 Å². The van der Waals surface area contributed by atoms with Crippen molar-refractivity contribution in [3.63, 3.8) is 0 Å². The summed E-state index contributed by atoms with van der Waals surface area (Å²) in [6.45, 7) is 0. The van der Waals surface area contributed by atoms with E-state index in [1.54, 1.807) is 0 Å². The quantitative estimate of drug-likeness (QED) is 0.285. The molecule has 1 heterocycles. The molecule has 2 nitrogen and oxygen atoms in total. The van der Waals surface area contributed by atoms with E-state index in [9.17, 15) is 5.26 Å². The van der Waals surface area contributed by atoms with Gasteiger partial charge in [-0.15, -0.1) is 0 Å². The number of nitriles is 1. The number of nitrogens with zero attached hydrogens (tertiary/aromatic N) is 2. The monoisotopic (exact) mass is 420 g/mol. The minimum Gasteiger partial charge on any atom is -0.307 e. The number of para-hydroxylation sites is 2. The molecule has 0 radical (unpaired) electrons. The molecule has 0 aliphatic rings. The van der Waals surface area contributed by atoms with Crippen LogP contribution in [0.3, 0.4) is 0 Å². The number of benzene rings is 5. The maximum atomic E-state index is 10.3. The van der Waals surface area contributed by atoms with E-state index in [4.69, 9.17) is 0 Å². The van der Waals surface area contributed by atoms with Crippen LogP contribution in [0.25, 0.3) is 49.7 Å². The standard InChI is InChI=1S/C31H20N2/c32-21-25-19-24(22-11-3-1-4-12-22)20-28(23-13-5-2-6-14-23)31(25)33-29-17-9-7-15-26(29)27-16-8-10-18-30(27)33/h1-20H. The Morgan fingerprint density at radius 2 is 1.03 bits per heavy atom. The first-order valence-corrected chi connectivity index (χ1v) is 11.0. The average Bonchev–Trinajstić information content (AvgIpc) is 3.23. The maximum absolute atomic E-state index is 10.3. The Kier molecular flexibility index (Phi) is 4.53. The van der Waals surface area contributed by atoms with Crippen molar-refractivity contribution in [1.29, 1.82) is 5.26 Å². The van der Waals surface area contributed by atoms with Gasteiger partial charge in [0.15, 0.2) is 0 Å². The van der Waals surface area contributed by atoms with Crippen molar-refractivity contribution in [2.24, 2.45) is 0 Å². The SMILES string of the molecule is N#Cc1cc(-c2ccccc2)cc(-c2ccccc2)c1-n1c2ccccc2c2ccccc21. The molecule has 0 aliphatic heterocycles. The Labute approximate surface area is 192 Å². The fourth-order valence-corrected chi connectivity index (χ4v) is 4.76. The van der Waals surface area contributed by atoms with Crippen LogP contribution >= 0.6 is 0 Å². The Hall–Kier alpha value is -4.61. The molecule has 0 amide bonds. The molecule has 1 aromatic heterocycles. The van der Waals surface area contributed by atoms with Gasteiger partial charge < -0.3 is 4.57 Å². The number of aromatic nitrogens is 1. The molecule has 0 unspecified atom stereocenters. The highest BCUT2D eigenvalue weighted by Crippen LogP contribution is 2.39. The minimum absolute atomic E-state index is 0.654. The van der Waals surface area contributed by atoms with Crippen LogP contribution in [0.15, 0.2) is 121 Å². The van der Waals surface area contributed by atoms with Gasteiger partial charge in [-0.1, -0.05) is 97.1 Å². The van der Waals surface area contributed by atoms with Gasteiger partial charge in [0.2, 0.25) is 0 Å². The van der Waals surface area contributed by atoms with Gasteiger partial charge in [0.25, 0.3) is 0 Å². The fourth-order valence-electron chi connectivity index (χ4n) is 4.76. The Morgan fingerprint density at radius 3 is 1.61 bits per heavy atom. The predicted molar refractivity (Wildman–Crippen MR) is 136 cm³/mol. The van der Waals surface area contributed by atoms with Crippen molar-refractivity contribution in [2.75, 3.05) is 0 Å². The molecule has 0 saturated carbocycles. The van der Waals surface area contributed by atoms with Gasteiger partial charge in [0.1, 0.15) is 6.07 Å². The first-order chi connectivity index (χ1) is 16.3. The van der Waals surface area contributed by atoms with Crippen LogP contribution < -0.4 is 0 Å². The molecule has 0 atom stereocenters. The zero-order valence-electron chi connectivity index (χ0n) is 17.9. The minimum atomic E-state index is 0.654. The topological polar surface area (TPSA) is 28.7 Å². The van der Waals surface area contributed by atoms with Crippen LogP contribution in [0.5, 0.6) is 0 Å². The molecule has 5 aromatic carbocycles. The second-order valence-electron chi connectivity index (χ2n) is 8.13. The molecule has 0 bridgehead atoms. The van der Waals surface area contributed by atoms with Crippen LogP contribution in [-0.2, 0) is 0 Å². The first-order valence-electron chi connectivity index (χ1n) is 11.0. The highest BCUT2D eigenvalue weighted by atomic mass is 15.0. The lowest BCUT2D eigenvalue weighted by Gasteiger charge is -2.18. The van der Waals surface area contributed by atoms with Crippen molar-refractivity contribution >= 4 is 21.8 Å². The summed E-state index contributed by atoms with van der Waals surface area (Å²) in [6.07, 6.45) is 0. The van der Waals surface area contributed by atoms with Crippen molar-refractivity contribution in [3.8, 4) is 34.0 Å². The van der Waals surface area contributed by atoms with Gasteiger partial charge in [-0.2, -0.15) is 5.26 Å². The van der Waals surface area contributed by atoms with E-state index in [1.165, 1.54) is 10.8 Å². The lowest BCUT2D eigenvalue weighted by Crippen LogP contribution is -2.02. The van der Waals surface area contributed by atoms with E-state index < -0.39 is 0 Å². The highest BCUT2D eigenvalue weighted by molar-refractivity contribution is 6.10. The van der Waals surface area contributed by atoms with E-state index in [-0.39, 0.29) is 0 Å². The molecule has 6 rings (SSSR count). The number of rotatable bonds is 3. The maximum Gasteiger partial charge on any atom is 0.101 e. The lowest BCUT2D eigenvalue weighted by molar-refractivity contribution is 1.17. The van der Waals surface area contributed by atoms with Gasteiger partial charge in [0.05, 0.1) is 22.3 Å². The van der Waals surface area contributed by atoms with E-state index in [0.717, 1.165) is 39.0 Å². The molecular weight excluding hydrogens is 400 g/mol. The van der Waals surface area contributed by atoms with Gasteiger partial charge in [-0.3, -0.25) is 0 Å². The highest BCUT2D eigenvalue weighted by Gasteiger charge is 2.20. The Balaban J connectivity index is 1.78. The van der Waals surface area contributed by atoms with Crippen molar-refractivity contribution in [1.82, 2.24) is 4.57 Å². The third-order valence-electron chi connectivity index (χ3n) is 6.23. The van der Waals surface area contributed by atoms with Gasteiger partial charge in [0, 0.05) is 16.3 Å². The van der Waals surface area contributed by atoms with Crippen LogP contribution in [0.4, 0.5) is 0 Å². The molecule has 0 N–H and O–H groups in total. The summed E-state index contributed by atoms with van der Waals surface area (Å²) >= 11 is 0. The van der Waals surface area contributed by atoms with E-state index in [1.807, 2.05) is 42.5 Å². The van der Waals surface area contributed by atoms with E-state index >= 15 is 0 Å². The summed E-state index contributed by atoms with van der Waals surface area (Å²) < 4.78 is 2.25. The smallest absolute Gasteiger partial charge is 0.101 e. The third kappa shape index (κ3) is 3.11. The van der Waals surface area contributed by atoms with Crippen LogP contribution in [-0.4, -0.2) is 4.57 Å². The zero-order valence-corrected chi connectivity index (χ0v) is 17.9. The van der Waals surface area contributed by atoms with E-state index in [2.05, 4.69) is 89.5 Å². The third-order valence-corrected chi connectivity index (χ3v) is 6.23. The van der Waals surface area contributed by atoms with Gasteiger partial charge in [-0.25, -0.2) is 0 Å². The van der Waals surface area contributed by atoms with Crippen molar-refractivity contribution in [3.05, 3.63) is 127 Å². The summed E-state index contributed by atoms with van der Waals surface area (Å²) in [5.74, 6) is 0. The predicted octanol–water partition coefficient (Wildman–Crippen LogP) is 7.99.